The van der Waals surface area contributed by atoms with Gasteiger partial charge in [-0.3, -0.25) is 9.59 Å². The van der Waals surface area contributed by atoms with Gasteiger partial charge in [0.15, 0.2) is 0 Å². The minimum atomic E-state index is -0.993. The number of nitrogens with zero attached hydrogens (tertiary/aromatic N) is 2. The maximum absolute atomic E-state index is 13.2. The summed E-state index contributed by atoms with van der Waals surface area (Å²) in [7, 11) is 0. The number of benzene rings is 1. The molecule has 8 nitrogen and oxygen atoms in total. The van der Waals surface area contributed by atoms with E-state index in [1.807, 2.05) is 39.0 Å². The minimum Gasteiger partial charge on any atom is -0.444 e. The Bertz CT molecular complexity index is 811. The molecule has 2 atom stereocenters. The zero-order valence-corrected chi connectivity index (χ0v) is 19.3. The minimum absolute atomic E-state index is 0.0806. The van der Waals surface area contributed by atoms with E-state index in [0.717, 1.165) is 18.4 Å². The molecule has 0 spiro atoms. The van der Waals surface area contributed by atoms with Crippen molar-refractivity contribution in [2.24, 2.45) is 0 Å². The molecule has 0 radical (unpaired) electrons. The van der Waals surface area contributed by atoms with E-state index in [4.69, 9.17) is 4.74 Å². The van der Waals surface area contributed by atoms with Gasteiger partial charge in [0, 0.05) is 6.04 Å². The van der Waals surface area contributed by atoms with Crippen molar-refractivity contribution in [3.63, 3.8) is 0 Å². The predicted octanol–water partition coefficient (Wildman–Crippen LogP) is 3.22. The van der Waals surface area contributed by atoms with Gasteiger partial charge in [0.1, 0.15) is 24.7 Å². The number of hydrogen-bond acceptors (Lipinski definition) is 5. The molecule has 0 heterocycles. The number of alkyl carbamates (subject to hydrolysis) is 1. The lowest BCUT2D eigenvalue weighted by atomic mass is 9.98. The number of amides is 3. The van der Waals surface area contributed by atoms with Crippen molar-refractivity contribution in [1.82, 2.24) is 15.5 Å². The standard InChI is InChI=1S/C23H34N4O4/c1-7-10-17(3)26-21(29)20(18-12-9-8-11-16(18)2)27(14-13-24)19(28)15-25-22(30)31-23(4,5)6/h8-9,11-12,17,20H,7,10,14-15H2,1-6H3,(H,25,30)(H,26,29). The summed E-state index contributed by atoms with van der Waals surface area (Å²) >= 11 is 0. The monoisotopic (exact) mass is 430 g/mol. The maximum atomic E-state index is 13.2. The Kier molecular flexibility index (Phi) is 10.00. The highest BCUT2D eigenvalue weighted by molar-refractivity contribution is 5.91. The van der Waals surface area contributed by atoms with Gasteiger partial charge in [-0.25, -0.2) is 4.79 Å². The zero-order valence-electron chi connectivity index (χ0n) is 19.3. The van der Waals surface area contributed by atoms with Crippen LogP contribution in [0, 0.1) is 18.3 Å². The predicted molar refractivity (Wildman–Crippen MR) is 118 cm³/mol. The van der Waals surface area contributed by atoms with Gasteiger partial charge < -0.3 is 20.3 Å². The summed E-state index contributed by atoms with van der Waals surface area (Å²) in [5.74, 6) is -0.921. The van der Waals surface area contributed by atoms with Crippen LogP contribution in [0.15, 0.2) is 24.3 Å². The van der Waals surface area contributed by atoms with Crippen LogP contribution in [0.4, 0.5) is 4.79 Å². The third-order valence-corrected chi connectivity index (χ3v) is 4.50. The summed E-state index contributed by atoms with van der Waals surface area (Å²) in [6.07, 6.45) is 0.946. The molecule has 3 amide bonds. The Morgan fingerprint density at radius 2 is 1.87 bits per heavy atom. The SMILES string of the molecule is CCCC(C)NC(=O)C(c1ccccc1C)N(CC#N)C(=O)CNC(=O)OC(C)(C)C. The first-order valence-electron chi connectivity index (χ1n) is 10.5. The second-order valence-electron chi connectivity index (χ2n) is 8.49. The third-order valence-electron chi connectivity index (χ3n) is 4.50. The lowest BCUT2D eigenvalue weighted by Crippen LogP contribution is -2.49. The summed E-state index contributed by atoms with van der Waals surface area (Å²) in [6, 6.07) is 8.12. The van der Waals surface area contributed by atoms with E-state index in [0.29, 0.717) is 5.56 Å². The van der Waals surface area contributed by atoms with Crippen LogP contribution < -0.4 is 10.6 Å². The summed E-state index contributed by atoms with van der Waals surface area (Å²) in [5.41, 5.74) is 0.740. The van der Waals surface area contributed by atoms with Crippen molar-refractivity contribution in [3.05, 3.63) is 35.4 Å². The Morgan fingerprint density at radius 1 is 1.23 bits per heavy atom. The van der Waals surface area contributed by atoms with E-state index < -0.39 is 30.2 Å². The fraction of sp³-hybridized carbons (Fsp3) is 0.565. The van der Waals surface area contributed by atoms with E-state index in [2.05, 4.69) is 10.6 Å². The van der Waals surface area contributed by atoms with Crippen molar-refractivity contribution in [1.29, 1.82) is 5.26 Å². The largest absolute Gasteiger partial charge is 0.444 e. The lowest BCUT2D eigenvalue weighted by Gasteiger charge is -2.31. The molecule has 1 aromatic rings. The molecule has 0 bridgehead atoms. The first-order valence-corrected chi connectivity index (χ1v) is 10.5. The quantitative estimate of drug-likeness (QED) is 0.584. The lowest BCUT2D eigenvalue weighted by molar-refractivity contribution is -0.139. The summed E-state index contributed by atoms with van der Waals surface area (Å²) in [5, 5.41) is 14.7. The molecule has 0 aliphatic heterocycles. The summed E-state index contributed by atoms with van der Waals surface area (Å²) in [4.78, 5) is 39.3. The Morgan fingerprint density at radius 3 is 2.42 bits per heavy atom. The fourth-order valence-corrected chi connectivity index (χ4v) is 3.13. The molecule has 0 aromatic heterocycles. The Labute approximate surface area is 184 Å². The van der Waals surface area contributed by atoms with Crippen LogP contribution in [0.3, 0.4) is 0 Å². The van der Waals surface area contributed by atoms with Gasteiger partial charge in [0.2, 0.25) is 11.8 Å². The third kappa shape index (κ3) is 8.67. The van der Waals surface area contributed by atoms with Crippen molar-refractivity contribution in [2.45, 2.75) is 72.1 Å². The summed E-state index contributed by atoms with van der Waals surface area (Å²) < 4.78 is 5.15. The summed E-state index contributed by atoms with van der Waals surface area (Å²) in [6.45, 7) is 10.2. The second-order valence-corrected chi connectivity index (χ2v) is 8.49. The second kappa shape index (κ2) is 11.9. The van der Waals surface area contributed by atoms with Crippen molar-refractivity contribution in [2.75, 3.05) is 13.1 Å². The molecular weight excluding hydrogens is 396 g/mol. The highest BCUT2D eigenvalue weighted by Crippen LogP contribution is 2.25. The number of hydrogen-bond donors (Lipinski definition) is 2. The van der Waals surface area contributed by atoms with Gasteiger partial charge in [-0.1, -0.05) is 37.6 Å². The van der Waals surface area contributed by atoms with Crippen LogP contribution in [0.5, 0.6) is 0 Å². The molecule has 0 aliphatic carbocycles. The molecule has 31 heavy (non-hydrogen) atoms. The van der Waals surface area contributed by atoms with E-state index in [-0.39, 0.29) is 18.5 Å². The van der Waals surface area contributed by atoms with Gasteiger partial charge in [0.05, 0.1) is 6.07 Å². The van der Waals surface area contributed by atoms with Crippen molar-refractivity contribution < 1.29 is 19.1 Å². The molecule has 170 valence electrons. The van der Waals surface area contributed by atoms with Gasteiger partial charge >= 0.3 is 6.09 Å². The van der Waals surface area contributed by atoms with Gasteiger partial charge in [-0.15, -0.1) is 0 Å². The maximum Gasteiger partial charge on any atom is 0.408 e. The Hall–Kier alpha value is -3.08. The molecule has 2 N–H and O–H groups in total. The number of nitriles is 1. The highest BCUT2D eigenvalue weighted by Gasteiger charge is 2.33. The van der Waals surface area contributed by atoms with E-state index in [9.17, 15) is 19.6 Å². The van der Waals surface area contributed by atoms with Crippen LogP contribution in [-0.2, 0) is 14.3 Å². The Balaban J connectivity index is 3.16. The fourth-order valence-electron chi connectivity index (χ4n) is 3.13. The number of nitrogens with one attached hydrogen (secondary N) is 2. The smallest absolute Gasteiger partial charge is 0.408 e. The number of aryl methyl sites for hydroxylation is 1. The number of rotatable bonds is 9. The average molecular weight is 431 g/mol. The number of ether oxygens (including phenoxy) is 1. The van der Waals surface area contributed by atoms with Crippen LogP contribution in [0.2, 0.25) is 0 Å². The molecule has 8 heteroatoms. The van der Waals surface area contributed by atoms with Crippen LogP contribution in [0.25, 0.3) is 0 Å². The van der Waals surface area contributed by atoms with Gasteiger partial charge in [-0.05, 0) is 52.2 Å². The molecule has 1 rings (SSSR count). The van der Waals surface area contributed by atoms with Crippen LogP contribution in [0.1, 0.15) is 64.6 Å². The average Bonchev–Trinajstić information content (AvgIpc) is 2.66. The molecule has 0 aliphatic rings. The van der Waals surface area contributed by atoms with Gasteiger partial charge in [-0.2, -0.15) is 5.26 Å². The first kappa shape index (κ1) is 26.0. The number of carbonyl (C=O) groups is 3. The highest BCUT2D eigenvalue weighted by atomic mass is 16.6. The van der Waals surface area contributed by atoms with E-state index >= 15 is 0 Å². The molecule has 0 saturated heterocycles. The first-order chi connectivity index (χ1) is 14.5. The topological polar surface area (TPSA) is 112 Å². The van der Waals surface area contributed by atoms with E-state index in [1.54, 1.807) is 32.9 Å². The zero-order chi connectivity index (χ0) is 23.6. The molecular formula is C23H34N4O4. The van der Waals surface area contributed by atoms with E-state index in [1.165, 1.54) is 4.90 Å². The molecule has 1 aromatic carbocycles. The normalized spacial score (nSPS) is 12.8. The van der Waals surface area contributed by atoms with Gasteiger partial charge in [0.25, 0.3) is 0 Å². The van der Waals surface area contributed by atoms with Crippen molar-refractivity contribution >= 4 is 17.9 Å². The molecule has 0 saturated carbocycles. The number of carbonyl (C=O) groups excluding carboxylic acids is 3. The van der Waals surface area contributed by atoms with Crippen molar-refractivity contribution in [3.8, 4) is 6.07 Å². The molecule has 0 fully saturated rings. The van der Waals surface area contributed by atoms with Crippen LogP contribution in [-0.4, -0.2) is 47.5 Å². The molecule has 2 unspecified atom stereocenters. The van der Waals surface area contributed by atoms with Crippen LogP contribution >= 0.6 is 0 Å².